The number of carbonyl (C=O) groups excluding carboxylic acids is 1. The average molecular weight is 293 g/mol. The van der Waals surface area contributed by atoms with Gasteiger partial charge in [0.25, 0.3) is 5.91 Å². The van der Waals surface area contributed by atoms with Crippen LogP contribution < -0.4 is 0 Å². The van der Waals surface area contributed by atoms with Crippen molar-refractivity contribution in [2.24, 2.45) is 0 Å². The Morgan fingerprint density at radius 2 is 2.15 bits per heavy atom. The summed E-state index contributed by atoms with van der Waals surface area (Å²) in [5, 5.41) is 18.7. The van der Waals surface area contributed by atoms with Crippen molar-refractivity contribution in [2.45, 2.75) is 0 Å². The number of nitrogens with zero attached hydrogens (tertiary/aromatic N) is 2. The lowest BCUT2D eigenvalue weighted by atomic mass is 10.1. The van der Waals surface area contributed by atoms with Crippen LogP contribution in [0.25, 0.3) is 6.08 Å². The van der Waals surface area contributed by atoms with Crippen LogP contribution in [0.2, 0.25) is 5.02 Å². The largest absolute Gasteiger partial charge is 0.506 e. The minimum absolute atomic E-state index is 0.0358. The van der Waals surface area contributed by atoms with E-state index in [2.05, 4.69) is 0 Å². The van der Waals surface area contributed by atoms with E-state index in [1.165, 1.54) is 18.2 Å². The number of amides is 1. The predicted octanol–water partition coefficient (Wildman–Crippen LogP) is 1.81. The highest BCUT2D eigenvalue weighted by atomic mass is 35.5. The summed E-state index contributed by atoms with van der Waals surface area (Å²) >= 11 is 5.79. The van der Waals surface area contributed by atoms with Crippen molar-refractivity contribution in [3.05, 3.63) is 34.4 Å². The average Bonchev–Trinajstić information content (AvgIpc) is 2.48. The van der Waals surface area contributed by atoms with Crippen LogP contribution in [-0.2, 0) is 9.53 Å². The Hall–Kier alpha value is -2.03. The van der Waals surface area contributed by atoms with E-state index in [1.807, 2.05) is 6.07 Å². The molecular weight excluding hydrogens is 280 g/mol. The molecule has 6 heteroatoms. The molecule has 1 saturated heterocycles. The Morgan fingerprint density at radius 3 is 2.75 bits per heavy atom. The van der Waals surface area contributed by atoms with Gasteiger partial charge in [-0.2, -0.15) is 5.26 Å². The van der Waals surface area contributed by atoms with Gasteiger partial charge in [-0.25, -0.2) is 0 Å². The third kappa shape index (κ3) is 3.29. The SMILES string of the molecule is N#C/C(=C/c1ccc(O)c(Cl)c1)C(=O)N1CCOCC1. The minimum Gasteiger partial charge on any atom is -0.506 e. The van der Waals surface area contributed by atoms with Gasteiger partial charge in [-0.05, 0) is 23.8 Å². The highest BCUT2D eigenvalue weighted by Crippen LogP contribution is 2.24. The van der Waals surface area contributed by atoms with Gasteiger partial charge >= 0.3 is 0 Å². The fraction of sp³-hybridized carbons (Fsp3) is 0.286. The molecule has 1 N–H and O–H groups in total. The van der Waals surface area contributed by atoms with Crippen molar-refractivity contribution in [1.29, 1.82) is 5.26 Å². The first kappa shape index (κ1) is 14.4. The van der Waals surface area contributed by atoms with Crippen LogP contribution in [0, 0.1) is 11.3 Å². The Kier molecular flexibility index (Phi) is 4.61. The van der Waals surface area contributed by atoms with Crippen LogP contribution in [0.4, 0.5) is 0 Å². The zero-order valence-electron chi connectivity index (χ0n) is 10.7. The molecule has 1 aliphatic heterocycles. The number of phenols is 1. The number of hydrogen-bond donors (Lipinski definition) is 1. The second-order valence-electron chi connectivity index (χ2n) is 4.29. The summed E-state index contributed by atoms with van der Waals surface area (Å²) in [6, 6.07) is 6.41. The second-order valence-corrected chi connectivity index (χ2v) is 4.69. The number of ether oxygens (including phenoxy) is 1. The van der Waals surface area contributed by atoms with Gasteiger partial charge in [0.2, 0.25) is 0 Å². The first-order valence-corrected chi connectivity index (χ1v) is 6.47. The summed E-state index contributed by atoms with van der Waals surface area (Å²) in [6.07, 6.45) is 1.46. The lowest BCUT2D eigenvalue weighted by Gasteiger charge is -2.26. The molecule has 1 aliphatic rings. The number of hydrogen-bond acceptors (Lipinski definition) is 4. The number of morpholine rings is 1. The molecule has 0 spiro atoms. The monoisotopic (exact) mass is 292 g/mol. The smallest absolute Gasteiger partial charge is 0.264 e. The Balaban J connectivity index is 2.22. The molecule has 1 fully saturated rings. The molecular formula is C14H13ClN2O3. The van der Waals surface area contributed by atoms with Crippen LogP contribution in [0.15, 0.2) is 23.8 Å². The third-order valence-electron chi connectivity index (χ3n) is 2.93. The number of benzene rings is 1. The molecule has 1 aromatic rings. The molecule has 0 atom stereocenters. The molecule has 2 rings (SSSR count). The topological polar surface area (TPSA) is 73.6 Å². The Morgan fingerprint density at radius 1 is 1.45 bits per heavy atom. The van der Waals surface area contributed by atoms with E-state index in [9.17, 15) is 9.90 Å². The Bertz CT molecular complexity index is 587. The maximum atomic E-state index is 12.2. The zero-order valence-corrected chi connectivity index (χ0v) is 11.4. The molecule has 0 radical (unpaired) electrons. The maximum absolute atomic E-state index is 12.2. The standard InChI is InChI=1S/C14H13ClN2O3/c15-12-8-10(1-2-13(12)18)7-11(9-16)14(19)17-3-5-20-6-4-17/h1-2,7-8,18H,3-6H2/b11-7-. The molecule has 0 unspecified atom stereocenters. The van der Waals surface area contributed by atoms with Gasteiger partial charge in [0, 0.05) is 13.1 Å². The van der Waals surface area contributed by atoms with Crippen LogP contribution >= 0.6 is 11.6 Å². The maximum Gasteiger partial charge on any atom is 0.264 e. The van der Waals surface area contributed by atoms with E-state index >= 15 is 0 Å². The van der Waals surface area contributed by atoms with Gasteiger partial charge in [0.15, 0.2) is 0 Å². The van der Waals surface area contributed by atoms with Crippen molar-refractivity contribution in [2.75, 3.05) is 26.3 Å². The molecule has 5 nitrogen and oxygen atoms in total. The molecule has 0 aliphatic carbocycles. The molecule has 1 heterocycles. The van der Waals surface area contributed by atoms with Gasteiger partial charge < -0.3 is 14.7 Å². The van der Waals surface area contributed by atoms with Crippen LogP contribution in [0.3, 0.4) is 0 Å². The van der Waals surface area contributed by atoms with Crippen LogP contribution in [-0.4, -0.2) is 42.2 Å². The molecule has 20 heavy (non-hydrogen) atoms. The second kappa shape index (κ2) is 6.42. The van der Waals surface area contributed by atoms with E-state index in [0.717, 1.165) is 0 Å². The molecule has 0 bridgehead atoms. The first-order valence-electron chi connectivity index (χ1n) is 6.09. The number of phenolic OH excluding ortho intramolecular Hbond substituents is 1. The van der Waals surface area contributed by atoms with Gasteiger partial charge in [-0.3, -0.25) is 4.79 Å². The molecule has 0 saturated carbocycles. The van der Waals surface area contributed by atoms with Crippen molar-refractivity contribution in [3.8, 4) is 11.8 Å². The normalized spacial score (nSPS) is 15.8. The van der Waals surface area contributed by atoms with E-state index in [0.29, 0.717) is 31.9 Å². The fourth-order valence-electron chi connectivity index (χ4n) is 1.86. The van der Waals surface area contributed by atoms with Crippen molar-refractivity contribution in [1.82, 2.24) is 4.90 Å². The number of aromatic hydroxyl groups is 1. The molecule has 0 aromatic heterocycles. The lowest BCUT2D eigenvalue weighted by molar-refractivity contribution is -0.130. The quantitative estimate of drug-likeness (QED) is 0.666. The Labute approximate surface area is 121 Å². The highest BCUT2D eigenvalue weighted by molar-refractivity contribution is 6.32. The fourth-order valence-corrected chi connectivity index (χ4v) is 2.05. The van der Waals surface area contributed by atoms with E-state index in [4.69, 9.17) is 21.6 Å². The van der Waals surface area contributed by atoms with Crippen LogP contribution in [0.1, 0.15) is 5.56 Å². The molecule has 104 valence electrons. The summed E-state index contributed by atoms with van der Waals surface area (Å²) in [5.41, 5.74) is 0.625. The van der Waals surface area contributed by atoms with E-state index < -0.39 is 0 Å². The number of rotatable bonds is 2. The van der Waals surface area contributed by atoms with Gasteiger partial charge in [-0.15, -0.1) is 0 Å². The van der Waals surface area contributed by atoms with Gasteiger partial charge in [0.05, 0.1) is 18.2 Å². The third-order valence-corrected chi connectivity index (χ3v) is 3.23. The number of halogens is 1. The summed E-state index contributed by atoms with van der Waals surface area (Å²) in [7, 11) is 0. The van der Waals surface area contributed by atoms with E-state index in [-0.39, 0.29) is 22.3 Å². The van der Waals surface area contributed by atoms with Crippen LogP contribution in [0.5, 0.6) is 5.75 Å². The van der Waals surface area contributed by atoms with Crippen molar-refractivity contribution in [3.63, 3.8) is 0 Å². The number of nitriles is 1. The van der Waals surface area contributed by atoms with E-state index in [1.54, 1.807) is 11.0 Å². The van der Waals surface area contributed by atoms with Gasteiger partial charge in [-0.1, -0.05) is 17.7 Å². The zero-order chi connectivity index (χ0) is 14.5. The highest BCUT2D eigenvalue weighted by Gasteiger charge is 2.20. The molecule has 1 aromatic carbocycles. The summed E-state index contributed by atoms with van der Waals surface area (Å²) in [5.74, 6) is -0.359. The summed E-state index contributed by atoms with van der Waals surface area (Å²) < 4.78 is 5.17. The van der Waals surface area contributed by atoms with Crippen molar-refractivity contribution < 1.29 is 14.6 Å². The first-order chi connectivity index (χ1) is 9.61. The number of carbonyl (C=O) groups is 1. The lowest BCUT2D eigenvalue weighted by Crippen LogP contribution is -2.41. The predicted molar refractivity (Wildman–Crippen MR) is 74.1 cm³/mol. The van der Waals surface area contributed by atoms with Crippen molar-refractivity contribution >= 4 is 23.6 Å². The summed E-state index contributed by atoms with van der Waals surface area (Å²) in [6.45, 7) is 1.92. The molecule has 1 amide bonds. The summed E-state index contributed by atoms with van der Waals surface area (Å²) in [4.78, 5) is 13.8. The van der Waals surface area contributed by atoms with Gasteiger partial charge in [0.1, 0.15) is 17.4 Å². The minimum atomic E-state index is -0.319.